The molecule has 5 heterocycles. The first-order valence-electron chi connectivity index (χ1n) is 11.5. The number of hydrogen-bond donors (Lipinski definition) is 1. The molecule has 1 atom stereocenters. The highest BCUT2D eigenvalue weighted by molar-refractivity contribution is 6.00. The summed E-state index contributed by atoms with van der Waals surface area (Å²) < 4.78 is 34.3. The molecule has 0 unspecified atom stereocenters. The lowest BCUT2D eigenvalue weighted by Gasteiger charge is -2.41. The molecule has 3 aromatic heterocycles. The lowest BCUT2D eigenvalue weighted by Crippen LogP contribution is -2.51. The highest BCUT2D eigenvalue weighted by Gasteiger charge is 2.32. The first-order chi connectivity index (χ1) is 17.7. The SMILES string of the molecule is Fc1cc(Oc2ccn3ncnc3c2)ccc1Nc1ncnc2ccc3c(c12)OC[C@H]1COCCN31. The van der Waals surface area contributed by atoms with Crippen molar-refractivity contribution in [2.24, 2.45) is 0 Å². The van der Waals surface area contributed by atoms with Gasteiger partial charge in [0.2, 0.25) is 0 Å². The maximum Gasteiger partial charge on any atom is 0.158 e. The fourth-order valence-electron chi connectivity index (χ4n) is 4.65. The Hall–Kier alpha value is -4.51. The van der Waals surface area contributed by atoms with Crippen molar-refractivity contribution >= 4 is 33.7 Å². The molecule has 2 aromatic carbocycles. The predicted molar refractivity (Wildman–Crippen MR) is 130 cm³/mol. The average molecular weight is 485 g/mol. The Kier molecular flexibility index (Phi) is 4.81. The molecule has 0 aliphatic carbocycles. The van der Waals surface area contributed by atoms with Crippen LogP contribution in [0, 0.1) is 5.82 Å². The second-order valence-electron chi connectivity index (χ2n) is 8.56. The number of anilines is 3. The Morgan fingerprint density at radius 3 is 2.89 bits per heavy atom. The van der Waals surface area contributed by atoms with Crippen LogP contribution in [0.1, 0.15) is 0 Å². The van der Waals surface area contributed by atoms with E-state index in [4.69, 9.17) is 14.2 Å². The van der Waals surface area contributed by atoms with Gasteiger partial charge in [0.1, 0.15) is 42.4 Å². The summed E-state index contributed by atoms with van der Waals surface area (Å²) in [5, 5.41) is 7.89. The molecule has 0 radical (unpaired) electrons. The zero-order chi connectivity index (χ0) is 24.1. The minimum atomic E-state index is -0.484. The largest absolute Gasteiger partial charge is 0.488 e. The van der Waals surface area contributed by atoms with Gasteiger partial charge in [-0.2, -0.15) is 5.10 Å². The van der Waals surface area contributed by atoms with Crippen molar-refractivity contribution in [3.05, 3.63) is 67.1 Å². The third-order valence-electron chi connectivity index (χ3n) is 6.37. The molecule has 36 heavy (non-hydrogen) atoms. The Morgan fingerprint density at radius 2 is 1.94 bits per heavy atom. The van der Waals surface area contributed by atoms with Crippen LogP contribution >= 0.6 is 0 Å². The van der Waals surface area contributed by atoms with Gasteiger partial charge in [-0.3, -0.25) is 0 Å². The van der Waals surface area contributed by atoms with Gasteiger partial charge in [-0.15, -0.1) is 0 Å². The summed E-state index contributed by atoms with van der Waals surface area (Å²) in [4.78, 5) is 15.2. The van der Waals surface area contributed by atoms with E-state index in [0.29, 0.717) is 59.4 Å². The fourth-order valence-corrected chi connectivity index (χ4v) is 4.65. The van der Waals surface area contributed by atoms with Crippen molar-refractivity contribution in [3.63, 3.8) is 0 Å². The number of morpholine rings is 1. The van der Waals surface area contributed by atoms with Gasteiger partial charge in [0.05, 0.1) is 41.5 Å². The second-order valence-corrected chi connectivity index (χ2v) is 8.56. The standard InChI is InChI=1S/C25H20FN7O3/c26-18-9-16(36-17-5-6-33-22(10-17)28-14-30-33)1-2-19(18)31-25-23-20(27-13-29-25)3-4-21-24(23)35-12-15-11-34-8-7-32(15)21/h1-6,9-10,13-15H,7-8,11-12H2,(H,27,29,31)/t15-/m1/s1. The summed E-state index contributed by atoms with van der Waals surface area (Å²) in [6.07, 6.45) is 4.64. The molecule has 1 saturated heterocycles. The van der Waals surface area contributed by atoms with Gasteiger partial charge in [0, 0.05) is 24.9 Å². The predicted octanol–water partition coefficient (Wildman–Crippen LogP) is 3.95. The molecule has 2 aliphatic heterocycles. The van der Waals surface area contributed by atoms with E-state index in [1.54, 1.807) is 35.0 Å². The van der Waals surface area contributed by atoms with Gasteiger partial charge in [0.15, 0.2) is 11.4 Å². The van der Waals surface area contributed by atoms with Gasteiger partial charge in [-0.1, -0.05) is 0 Å². The van der Waals surface area contributed by atoms with E-state index in [2.05, 4.69) is 30.3 Å². The minimum Gasteiger partial charge on any atom is -0.488 e. The molecular weight excluding hydrogens is 465 g/mol. The Morgan fingerprint density at radius 1 is 1.00 bits per heavy atom. The van der Waals surface area contributed by atoms with Crippen molar-refractivity contribution in [1.29, 1.82) is 0 Å². The minimum absolute atomic E-state index is 0.167. The number of nitrogens with zero attached hydrogens (tertiary/aromatic N) is 6. The number of halogens is 1. The highest BCUT2D eigenvalue weighted by Crippen LogP contribution is 2.43. The van der Waals surface area contributed by atoms with E-state index in [0.717, 1.165) is 12.2 Å². The topological polar surface area (TPSA) is 98.9 Å². The third-order valence-corrected chi connectivity index (χ3v) is 6.37. The summed E-state index contributed by atoms with van der Waals surface area (Å²) in [6, 6.07) is 12.2. The smallest absolute Gasteiger partial charge is 0.158 e. The van der Waals surface area contributed by atoms with Crippen molar-refractivity contribution in [2.75, 3.05) is 36.6 Å². The lowest BCUT2D eigenvalue weighted by molar-refractivity contribution is 0.0709. The number of pyridine rings is 1. The number of benzene rings is 2. The number of nitrogens with one attached hydrogen (secondary N) is 1. The van der Waals surface area contributed by atoms with Gasteiger partial charge in [-0.05, 0) is 30.3 Å². The van der Waals surface area contributed by atoms with E-state index in [1.807, 2.05) is 12.1 Å². The van der Waals surface area contributed by atoms with Gasteiger partial charge >= 0.3 is 0 Å². The van der Waals surface area contributed by atoms with E-state index < -0.39 is 5.82 Å². The summed E-state index contributed by atoms with van der Waals surface area (Å²) in [5.41, 5.74) is 2.57. The average Bonchev–Trinajstić information content (AvgIpc) is 3.38. The van der Waals surface area contributed by atoms with Gasteiger partial charge in [0.25, 0.3) is 0 Å². The normalized spacial score (nSPS) is 16.9. The first-order valence-corrected chi connectivity index (χ1v) is 11.5. The van der Waals surface area contributed by atoms with Crippen molar-refractivity contribution in [1.82, 2.24) is 24.6 Å². The molecule has 10 nitrogen and oxygen atoms in total. The molecule has 0 spiro atoms. The number of hydrogen-bond acceptors (Lipinski definition) is 9. The third kappa shape index (κ3) is 3.52. The molecule has 0 bridgehead atoms. The zero-order valence-corrected chi connectivity index (χ0v) is 19.0. The van der Waals surface area contributed by atoms with Crippen LogP contribution in [0.4, 0.5) is 21.6 Å². The van der Waals surface area contributed by atoms with Crippen LogP contribution in [0.25, 0.3) is 16.6 Å². The zero-order valence-electron chi connectivity index (χ0n) is 19.0. The quantitative estimate of drug-likeness (QED) is 0.406. The first kappa shape index (κ1) is 20.8. The molecule has 7 rings (SSSR count). The molecule has 2 aliphatic rings. The van der Waals surface area contributed by atoms with Crippen LogP contribution in [-0.4, -0.2) is 57.0 Å². The van der Waals surface area contributed by atoms with Gasteiger partial charge in [-0.25, -0.2) is 23.9 Å². The van der Waals surface area contributed by atoms with Crippen LogP contribution in [0.3, 0.4) is 0 Å². The summed E-state index contributed by atoms with van der Waals surface area (Å²) in [7, 11) is 0. The molecule has 1 fully saturated rings. The van der Waals surface area contributed by atoms with Crippen LogP contribution < -0.4 is 19.7 Å². The summed E-state index contributed by atoms with van der Waals surface area (Å²) in [6.45, 7) is 2.57. The van der Waals surface area contributed by atoms with Gasteiger partial charge < -0.3 is 24.4 Å². The second kappa shape index (κ2) is 8.31. The van der Waals surface area contributed by atoms with Crippen molar-refractivity contribution < 1.29 is 18.6 Å². The maximum atomic E-state index is 15.1. The summed E-state index contributed by atoms with van der Waals surface area (Å²) >= 11 is 0. The Labute approximate surface area is 204 Å². The van der Waals surface area contributed by atoms with Crippen LogP contribution in [0.15, 0.2) is 61.3 Å². The molecule has 0 amide bonds. The van der Waals surface area contributed by atoms with E-state index >= 15 is 4.39 Å². The number of ether oxygens (including phenoxy) is 3. The molecule has 180 valence electrons. The van der Waals surface area contributed by atoms with Crippen LogP contribution in [-0.2, 0) is 4.74 Å². The fraction of sp³-hybridized carbons (Fsp3) is 0.200. The monoisotopic (exact) mass is 485 g/mol. The highest BCUT2D eigenvalue weighted by atomic mass is 19.1. The van der Waals surface area contributed by atoms with Crippen LogP contribution in [0.2, 0.25) is 0 Å². The maximum absolute atomic E-state index is 15.1. The van der Waals surface area contributed by atoms with E-state index in [1.165, 1.54) is 18.7 Å². The number of aromatic nitrogens is 5. The lowest BCUT2D eigenvalue weighted by atomic mass is 10.1. The molecule has 11 heteroatoms. The van der Waals surface area contributed by atoms with Crippen LogP contribution in [0.5, 0.6) is 17.2 Å². The summed E-state index contributed by atoms with van der Waals surface area (Å²) in [5.74, 6) is 1.56. The molecule has 5 aromatic rings. The molecule has 0 saturated carbocycles. The Balaban J connectivity index is 1.20. The van der Waals surface area contributed by atoms with Crippen molar-refractivity contribution in [2.45, 2.75) is 6.04 Å². The van der Waals surface area contributed by atoms with Crippen molar-refractivity contribution in [3.8, 4) is 17.2 Å². The Bertz CT molecular complexity index is 1610. The van der Waals surface area contributed by atoms with E-state index in [-0.39, 0.29) is 11.7 Å². The van der Waals surface area contributed by atoms with E-state index in [9.17, 15) is 0 Å². The molecule has 1 N–H and O–H groups in total. The molecular formula is C25H20FN7O3. The number of rotatable bonds is 4. The number of fused-ring (bicyclic) bond motifs is 6.